The van der Waals surface area contributed by atoms with Crippen molar-refractivity contribution >= 4 is 6.03 Å². The molecule has 29 heavy (non-hydrogen) atoms. The van der Waals surface area contributed by atoms with E-state index in [-0.39, 0.29) is 29.2 Å². The summed E-state index contributed by atoms with van der Waals surface area (Å²) >= 11 is 0. The minimum absolute atomic E-state index is 0.0158. The number of piperazine rings is 1. The van der Waals surface area contributed by atoms with E-state index in [0.29, 0.717) is 13.1 Å². The normalized spacial score (nSPS) is 23.2. The molecule has 2 aliphatic heterocycles. The molecule has 3 rings (SSSR count). The highest BCUT2D eigenvalue weighted by Gasteiger charge is 2.38. The summed E-state index contributed by atoms with van der Waals surface area (Å²) in [5.41, 5.74) is 1.83. The Morgan fingerprint density at radius 1 is 1.14 bits per heavy atom. The molecule has 2 N–H and O–H groups in total. The lowest BCUT2D eigenvalue weighted by molar-refractivity contribution is 0.104. The number of hydrogen-bond donors (Lipinski definition) is 2. The second kappa shape index (κ2) is 8.33. The van der Waals surface area contributed by atoms with Gasteiger partial charge in [-0.05, 0) is 59.1 Å². The number of urea groups is 1. The van der Waals surface area contributed by atoms with Gasteiger partial charge in [-0.25, -0.2) is 4.79 Å². The van der Waals surface area contributed by atoms with Crippen molar-refractivity contribution in [1.29, 1.82) is 5.26 Å². The lowest BCUT2D eigenvalue weighted by atomic mass is 9.79. The van der Waals surface area contributed by atoms with Crippen molar-refractivity contribution in [2.75, 3.05) is 26.2 Å². The van der Waals surface area contributed by atoms with E-state index in [1.807, 2.05) is 29.2 Å². The minimum Gasteiger partial charge on any atom is -0.335 e. The summed E-state index contributed by atoms with van der Waals surface area (Å²) in [5.74, 6) is 0. The Bertz CT molecular complexity index is 758. The highest BCUT2D eigenvalue weighted by atomic mass is 16.2. The zero-order valence-corrected chi connectivity index (χ0v) is 18.5. The molecule has 0 spiro atoms. The standard InChI is InChI=1S/C23H35N5O/c1-17(20-9-7-6-8-18(20)16-24)27-10-12-28(13-11-27)21(29)25-19-14-22(2,3)26-23(4,5)15-19/h6-9,17,19,26H,10-15H2,1-5H3,(H,25,29). The first-order chi connectivity index (χ1) is 13.6. The third-order valence-corrected chi connectivity index (χ3v) is 6.20. The number of benzene rings is 1. The molecule has 1 unspecified atom stereocenters. The van der Waals surface area contributed by atoms with Gasteiger partial charge in [-0.3, -0.25) is 4.90 Å². The van der Waals surface area contributed by atoms with Gasteiger partial charge in [0.15, 0.2) is 0 Å². The Kier molecular flexibility index (Phi) is 6.21. The molecule has 1 atom stereocenters. The molecule has 2 saturated heterocycles. The average Bonchev–Trinajstić information content (AvgIpc) is 2.65. The Morgan fingerprint density at radius 2 is 1.72 bits per heavy atom. The molecule has 1 aromatic rings. The first kappa shape index (κ1) is 21.6. The minimum atomic E-state index is 0.0158. The van der Waals surface area contributed by atoms with Gasteiger partial charge in [0, 0.05) is 49.3 Å². The van der Waals surface area contributed by atoms with E-state index < -0.39 is 0 Å². The van der Waals surface area contributed by atoms with Crippen molar-refractivity contribution in [3.8, 4) is 6.07 Å². The lowest BCUT2D eigenvalue weighted by Crippen LogP contribution is -2.63. The number of carbonyl (C=O) groups is 1. The van der Waals surface area contributed by atoms with Crippen molar-refractivity contribution < 1.29 is 4.79 Å². The summed E-state index contributed by atoms with van der Waals surface area (Å²) in [6.45, 7) is 14.0. The van der Waals surface area contributed by atoms with Crippen LogP contribution in [0.5, 0.6) is 0 Å². The molecule has 2 aliphatic rings. The summed E-state index contributed by atoms with van der Waals surface area (Å²) in [5, 5.41) is 16.3. The number of nitrogens with zero attached hydrogens (tertiary/aromatic N) is 3. The smallest absolute Gasteiger partial charge is 0.317 e. The maximum atomic E-state index is 12.9. The first-order valence-electron chi connectivity index (χ1n) is 10.7. The van der Waals surface area contributed by atoms with Gasteiger partial charge in [0.25, 0.3) is 0 Å². The Morgan fingerprint density at radius 3 is 2.31 bits per heavy atom. The van der Waals surface area contributed by atoms with Crippen LogP contribution in [-0.4, -0.2) is 59.1 Å². The third kappa shape index (κ3) is 5.29. The van der Waals surface area contributed by atoms with Crippen LogP contribution in [0.1, 0.15) is 64.6 Å². The van der Waals surface area contributed by atoms with Gasteiger partial charge >= 0.3 is 6.03 Å². The van der Waals surface area contributed by atoms with E-state index in [1.165, 1.54) is 0 Å². The number of carbonyl (C=O) groups excluding carboxylic acids is 1. The van der Waals surface area contributed by atoms with Gasteiger partial charge in [0.05, 0.1) is 11.6 Å². The van der Waals surface area contributed by atoms with Gasteiger partial charge in [0.2, 0.25) is 0 Å². The predicted molar refractivity (Wildman–Crippen MR) is 116 cm³/mol. The topological polar surface area (TPSA) is 71.4 Å². The molecule has 6 heteroatoms. The largest absolute Gasteiger partial charge is 0.335 e. The molecule has 2 heterocycles. The van der Waals surface area contributed by atoms with Gasteiger partial charge in [-0.15, -0.1) is 0 Å². The summed E-state index contributed by atoms with van der Waals surface area (Å²) in [6, 6.07) is 10.5. The Labute approximate surface area is 175 Å². The molecule has 1 aromatic carbocycles. The second-order valence-electron chi connectivity index (χ2n) is 9.85. The van der Waals surface area contributed by atoms with E-state index >= 15 is 0 Å². The van der Waals surface area contributed by atoms with Crippen LogP contribution >= 0.6 is 0 Å². The maximum absolute atomic E-state index is 12.9. The van der Waals surface area contributed by atoms with Gasteiger partial charge in [0.1, 0.15) is 0 Å². The molecule has 0 radical (unpaired) electrons. The van der Waals surface area contributed by atoms with E-state index in [9.17, 15) is 10.1 Å². The van der Waals surface area contributed by atoms with Crippen LogP contribution in [-0.2, 0) is 0 Å². The van der Waals surface area contributed by atoms with Crippen molar-refractivity contribution in [2.45, 2.75) is 70.6 Å². The van der Waals surface area contributed by atoms with Crippen LogP contribution < -0.4 is 10.6 Å². The van der Waals surface area contributed by atoms with E-state index in [2.05, 4.69) is 56.2 Å². The molecule has 2 amide bonds. The Hall–Kier alpha value is -2.10. The molecule has 0 saturated carbocycles. The summed E-state index contributed by atoms with van der Waals surface area (Å²) in [7, 11) is 0. The monoisotopic (exact) mass is 397 g/mol. The zero-order chi connectivity index (χ0) is 21.2. The fourth-order valence-corrected chi connectivity index (χ4v) is 5.16. The lowest BCUT2D eigenvalue weighted by Gasteiger charge is -2.47. The zero-order valence-electron chi connectivity index (χ0n) is 18.5. The van der Waals surface area contributed by atoms with Crippen LogP contribution in [0.3, 0.4) is 0 Å². The number of piperidine rings is 1. The number of amides is 2. The van der Waals surface area contributed by atoms with Crippen LogP contribution in [0.25, 0.3) is 0 Å². The van der Waals surface area contributed by atoms with Crippen molar-refractivity contribution in [3.05, 3.63) is 35.4 Å². The molecule has 0 bridgehead atoms. The molecule has 2 fully saturated rings. The van der Waals surface area contributed by atoms with Crippen molar-refractivity contribution in [2.24, 2.45) is 0 Å². The molecule has 158 valence electrons. The van der Waals surface area contributed by atoms with Crippen LogP contribution in [0.2, 0.25) is 0 Å². The van der Waals surface area contributed by atoms with Gasteiger partial charge in [-0.1, -0.05) is 18.2 Å². The van der Waals surface area contributed by atoms with Gasteiger partial charge in [-0.2, -0.15) is 5.26 Å². The predicted octanol–water partition coefficient (Wildman–Crippen LogP) is 3.26. The Balaban J connectivity index is 1.55. The molecule has 0 aromatic heterocycles. The maximum Gasteiger partial charge on any atom is 0.317 e. The molecular weight excluding hydrogens is 362 g/mol. The quantitative estimate of drug-likeness (QED) is 0.821. The van der Waals surface area contributed by atoms with Crippen molar-refractivity contribution in [1.82, 2.24) is 20.4 Å². The number of nitrogens with one attached hydrogen (secondary N) is 2. The second-order valence-corrected chi connectivity index (χ2v) is 9.85. The number of hydrogen-bond acceptors (Lipinski definition) is 4. The fourth-order valence-electron chi connectivity index (χ4n) is 5.16. The summed E-state index contributed by atoms with van der Waals surface area (Å²) < 4.78 is 0. The van der Waals surface area contributed by atoms with Crippen LogP contribution in [0, 0.1) is 11.3 Å². The first-order valence-corrected chi connectivity index (χ1v) is 10.7. The van der Waals surface area contributed by atoms with Gasteiger partial charge < -0.3 is 15.5 Å². The number of nitriles is 1. The van der Waals surface area contributed by atoms with E-state index in [4.69, 9.17) is 0 Å². The third-order valence-electron chi connectivity index (χ3n) is 6.20. The SMILES string of the molecule is CC(c1ccccc1C#N)N1CCN(C(=O)NC2CC(C)(C)NC(C)(C)C2)CC1. The van der Waals surface area contributed by atoms with Crippen LogP contribution in [0.4, 0.5) is 4.79 Å². The average molecular weight is 398 g/mol. The molecular formula is C23H35N5O. The summed E-state index contributed by atoms with van der Waals surface area (Å²) in [6.07, 6.45) is 1.87. The fraction of sp³-hybridized carbons (Fsp3) is 0.652. The number of rotatable bonds is 3. The molecule has 6 nitrogen and oxygen atoms in total. The molecule has 0 aliphatic carbocycles. The van der Waals surface area contributed by atoms with E-state index in [1.54, 1.807) is 0 Å². The highest BCUT2D eigenvalue weighted by molar-refractivity contribution is 5.74. The van der Waals surface area contributed by atoms with E-state index in [0.717, 1.165) is 37.1 Å². The van der Waals surface area contributed by atoms with Crippen LogP contribution in [0.15, 0.2) is 24.3 Å². The highest BCUT2D eigenvalue weighted by Crippen LogP contribution is 2.29. The summed E-state index contributed by atoms with van der Waals surface area (Å²) in [4.78, 5) is 17.2. The van der Waals surface area contributed by atoms with Crippen molar-refractivity contribution in [3.63, 3.8) is 0 Å².